The third kappa shape index (κ3) is 4.15. The van der Waals surface area contributed by atoms with Crippen LogP contribution in [0.5, 0.6) is 0 Å². The zero-order valence-corrected chi connectivity index (χ0v) is 14.8. The molecule has 1 N–H and O–H groups in total. The van der Waals surface area contributed by atoms with Gasteiger partial charge >= 0.3 is 5.69 Å². The van der Waals surface area contributed by atoms with Gasteiger partial charge in [-0.3, -0.25) is 14.3 Å². The first-order valence-corrected chi connectivity index (χ1v) is 8.87. The van der Waals surface area contributed by atoms with Gasteiger partial charge < -0.3 is 5.32 Å². The predicted molar refractivity (Wildman–Crippen MR) is 94.1 cm³/mol. The van der Waals surface area contributed by atoms with Gasteiger partial charge in [0.05, 0.1) is 6.54 Å². The van der Waals surface area contributed by atoms with Gasteiger partial charge in [-0.15, -0.1) is 0 Å². The second-order valence-electron chi connectivity index (χ2n) is 7.03. The van der Waals surface area contributed by atoms with Crippen LogP contribution in [0.1, 0.15) is 38.1 Å². The van der Waals surface area contributed by atoms with Gasteiger partial charge in [0, 0.05) is 37.8 Å². The second kappa shape index (κ2) is 7.63. The minimum absolute atomic E-state index is 0.0477. The second-order valence-corrected chi connectivity index (χ2v) is 7.03. The van der Waals surface area contributed by atoms with E-state index in [1.165, 1.54) is 4.68 Å². The molecule has 0 saturated heterocycles. The molecule has 0 radical (unpaired) electrons. The van der Waals surface area contributed by atoms with Crippen LogP contribution in [0, 0.1) is 11.8 Å². The zero-order chi connectivity index (χ0) is 17.8. The quantitative estimate of drug-likeness (QED) is 0.885. The molecule has 0 fully saturated rings. The molecule has 0 aliphatic carbocycles. The monoisotopic (exact) mass is 343 g/mol. The zero-order valence-electron chi connectivity index (χ0n) is 14.8. The Morgan fingerprint density at radius 2 is 2.08 bits per heavy atom. The highest BCUT2D eigenvalue weighted by atomic mass is 16.2. The van der Waals surface area contributed by atoms with Gasteiger partial charge in [0.15, 0.2) is 0 Å². The number of hydrogen-bond acceptors (Lipinski definition) is 4. The van der Waals surface area contributed by atoms with E-state index in [-0.39, 0.29) is 17.5 Å². The Bertz CT molecular complexity index is 779. The molecule has 2 aromatic heterocycles. The first-order valence-electron chi connectivity index (χ1n) is 8.87. The number of carbonyl (C=O) groups is 1. The van der Waals surface area contributed by atoms with E-state index in [9.17, 15) is 9.59 Å². The lowest BCUT2D eigenvalue weighted by atomic mass is 9.99. The van der Waals surface area contributed by atoms with Crippen LogP contribution in [0.25, 0.3) is 0 Å². The number of aryl methyl sites for hydroxylation is 1. The molecule has 3 heterocycles. The third-order valence-electron chi connectivity index (χ3n) is 4.55. The average Bonchev–Trinajstić information content (AvgIpc) is 2.77. The molecule has 1 aliphatic rings. The van der Waals surface area contributed by atoms with Gasteiger partial charge in [0.1, 0.15) is 5.82 Å². The molecule has 7 nitrogen and oxygen atoms in total. The fraction of sp³-hybridized carbons (Fsp3) is 0.556. The Morgan fingerprint density at radius 3 is 2.80 bits per heavy atom. The molecule has 3 rings (SSSR count). The number of aromatic nitrogens is 4. The highest BCUT2D eigenvalue weighted by Gasteiger charge is 2.25. The van der Waals surface area contributed by atoms with E-state index in [0.717, 1.165) is 17.8 Å². The van der Waals surface area contributed by atoms with Crippen molar-refractivity contribution < 1.29 is 4.79 Å². The number of nitrogens with one attached hydrogen (secondary N) is 1. The van der Waals surface area contributed by atoms with Crippen molar-refractivity contribution in [2.75, 3.05) is 6.54 Å². The maximum atomic E-state index is 12.6. The highest BCUT2D eigenvalue weighted by Crippen LogP contribution is 2.18. The van der Waals surface area contributed by atoms with E-state index in [1.807, 2.05) is 12.1 Å². The van der Waals surface area contributed by atoms with Crippen LogP contribution in [0.3, 0.4) is 0 Å². The molecule has 1 unspecified atom stereocenters. The lowest BCUT2D eigenvalue weighted by Gasteiger charge is -2.15. The van der Waals surface area contributed by atoms with Crippen LogP contribution < -0.4 is 11.0 Å². The van der Waals surface area contributed by atoms with Crippen molar-refractivity contribution in [3.8, 4) is 0 Å². The number of rotatable bonds is 5. The van der Waals surface area contributed by atoms with Gasteiger partial charge in [0.2, 0.25) is 5.91 Å². The topological polar surface area (TPSA) is 81.8 Å². The van der Waals surface area contributed by atoms with Gasteiger partial charge in [0.25, 0.3) is 0 Å². The molecule has 25 heavy (non-hydrogen) atoms. The molecule has 2 aromatic rings. The Hall–Kier alpha value is -2.44. The fourth-order valence-corrected chi connectivity index (χ4v) is 3.10. The molecule has 134 valence electrons. The van der Waals surface area contributed by atoms with Crippen LogP contribution in [0.4, 0.5) is 0 Å². The van der Waals surface area contributed by atoms with E-state index in [2.05, 4.69) is 29.2 Å². The Morgan fingerprint density at radius 1 is 1.32 bits per heavy atom. The summed E-state index contributed by atoms with van der Waals surface area (Å²) in [7, 11) is 0. The van der Waals surface area contributed by atoms with Crippen molar-refractivity contribution in [1.82, 2.24) is 24.6 Å². The number of hydrogen-bond donors (Lipinski definition) is 1. The molecule has 0 spiro atoms. The van der Waals surface area contributed by atoms with E-state index in [1.54, 1.807) is 17.0 Å². The first-order chi connectivity index (χ1) is 12.0. The smallest absolute Gasteiger partial charge is 0.346 e. The molecule has 0 saturated carbocycles. The highest BCUT2D eigenvalue weighted by molar-refractivity contribution is 5.78. The fourth-order valence-electron chi connectivity index (χ4n) is 3.10. The van der Waals surface area contributed by atoms with Crippen LogP contribution in [0.15, 0.2) is 29.3 Å². The van der Waals surface area contributed by atoms with E-state index in [0.29, 0.717) is 38.4 Å². The Labute approximate surface area is 147 Å². The van der Waals surface area contributed by atoms with Crippen LogP contribution >= 0.6 is 0 Å². The normalized spacial score (nSPS) is 17.2. The molecule has 1 amide bonds. The molecular formula is C18H25N5O2. The van der Waals surface area contributed by atoms with Crippen molar-refractivity contribution in [1.29, 1.82) is 0 Å². The molecular weight excluding hydrogens is 318 g/mol. The molecule has 7 heteroatoms. The van der Waals surface area contributed by atoms with Gasteiger partial charge in [-0.2, -0.15) is 5.10 Å². The summed E-state index contributed by atoms with van der Waals surface area (Å²) in [6, 6.07) is 3.76. The standard InChI is InChI=1S/C18H25N5O2/c1-13(2)11-20-17(24)15-3-4-16-21-23(18(25)22(16)10-7-15)12-14-5-8-19-9-6-14/h5-6,8-9,13,15H,3-4,7,10-12H2,1-2H3,(H,20,24). The van der Waals surface area contributed by atoms with Crippen LogP contribution in [-0.4, -0.2) is 31.8 Å². The van der Waals surface area contributed by atoms with Gasteiger partial charge in [-0.1, -0.05) is 13.8 Å². The van der Waals surface area contributed by atoms with Crippen molar-refractivity contribution in [3.05, 3.63) is 46.4 Å². The summed E-state index contributed by atoms with van der Waals surface area (Å²) >= 11 is 0. The lowest BCUT2D eigenvalue weighted by Crippen LogP contribution is -2.34. The first kappa shape index (κ1) is 17.4. The Kier molecular flexibility index (Phi) is 5.31. The summed E-state index contributed by atoms with van der Waals surface area (Å²) < 4.78 is 3.22. The molecule has 1 aliphatic heterocycles. The predicted octanol–water partition coefficient (Wildman–Crippen LogP) is 1.21. The lowest BCUT2D eigenvalue weighted by molar-refractivity contribution is -0.125. The summed E-state index contributed by atoms with van der Waals surface area (Å²) in [6.45, 7) is 5.84. The third-order valence-corrected chi connectivity index (χ3v) is 4.55. The minimum atomic E-state index is -0.102. The summed E-state index contributed by atoms with van der Waals surface area (Å²) in [6.07, 6.45) is 5.48. The maximum absolute atomic E-state index is 12.6. The summed E-state index contributed by atoms with van der Waals surface area (Å²) in [5, 5.41) is 7.49. The largest absolute Gasteiger partial charge is 0.356 e. The van der Waals surface area contributed by atoms with Gasteiger partial charge in [-0.25, -0.2) is 9.48 Å². The van der Waals surface area contributed by atoms with Crippen molar-refractivity contribution >= 4 is 5.91 Å². The van der Waals surface area contributed by atoms with Crippen molar-refractivity contribution in [3.63, 3.8) is 0 Å². The molecule has 0 aromatic carbocycles. The van der Waals surface area contributed by atoms with Gasteiger partial charge in [-0.05, 0) is 36.5 Å². The summed E-state index contributed by atoms with van der Waals surface area (Å²) in [5.41, 5.74) is 0.895. The Balaban J connectivity index is 1.68. The SMILES string of the molecule is CC(C)CNC(=O)C1CCc2nn(Cc3ccncc3)c(=O)n2CC1. The number of carbonyl (C=O) groups excluding carboxylic acids is 1. The van der Waals surface area contributed by atoms with E-state index in [4.69, 9.17) is 0 Å². The number of pyridine rings is 1. The van der Waals surface area contributed by atoms with Crippen molar-refractivity contribution in [2.24, 2.45) is 11.8 Å². The number of fused-ring (bicyclic) bond motifs is 1. The van der Waals surface area contributed by atoms with E-state index < -0.39 is 0 Å². The van der Waals surface area contributed by atoms with Crippen LogP contribution in [0.2, 0.25) is 0 Å². The molecule has 0 bridgehead atoms. The van der Waals surface area contributed by atoms with Crippen molar-refractivity contribution in [2.45, 2.75) is 46.2 Å². The number of nitrogens with zero attached hydrogens (tertiary/aromatic N) is 4. The summed E-state index contributed by atoms with van der Waals surface area (Å²) in [4.78, 5) is 28.9. The number of amides is 1. The molecule has 1 atom stereocenters. The van der Waals surface area contributed by atoms with Crippen LogP contribution in [-0.2, 0) is 24.3 Å². The summed E-state index contributed by atoms with van der Waals surface area (Å²) in [5.74, 6) is 1.26. The minimum Gasteiger partial charge on any atom is -0.356 e. The van der Waals surface area contributed by atoms with E-state index >= 15 is 0 Å². The average molecular weight is 343 g/mol. The maximum Gasteiger partial charge on any atom is 0.346 e.